The third-order valence-corrected chi connectivity index (χ3v) is 4.28. The van der Waals surface area contributed by atoms with E-state index < -0.39 is 5.97 Å². The van der Waals surface area contributed by atoms with Crippen molar-refractivity contribution in [3.05, 3.63) is 71.4 Å². The zero-order chi connectivity index (χ0) is 20.6. The van der Waals surface area contributed by atoms with Crippen LogP contribution in [0.1, 0.15) is 34.5 Å². The number of aryl methyl sites for hydroxylation is 1. The highest BCUT2D eigenvalue weighted by molar-refractivity contribution is 5.92. The summed E-state index contributed by atoms with van der Waals surface area (Å²) in [7, 11) is 0. The van der Waals surface area contributed by atoms with Gasteiger partial charge < -0.3 is 19.0 Å². The maximum atomic E-state index is 13.0. The van der Waals surface area contributed by atoms with Crippen LogP contribution in [0.5, 0.6) is 5.75 Å². The fourth-order valence-corrected chi connectivity index (χ4v) is 2.80. The molecule has 0 radical (unpaired) electrons. The lowest BCUT2D eigenvalue weighted by atomic mass is 10.1. The zero-order valence-electron chi connectivity index (χ0n) is 16.1. The van der Waals surface area contributed by atoms with E-state index in [1.54, 1.807) is 37.3 Å². The second-order valence-electron chi connectivity index (χ2n) is 6.51. The lowest BCUT2D eigenvalue weighted by Gasteiger charge is -2.10. The van der Waals surface area contributed by atoms with Crippen LogP contribution in [0.25, 0.3) is 11.5 Å². The van der Waals surface area contributed by atoms with Crippen LogP contribution in [0.2, 0.25) is 0 Å². The maximum Gasteiger partial charge on any atom is 0.339 e. The molecule has 152 valence electrons. The highest BCUT2D eigenvalue weighted by Gasteiger charge is 2.13. The van der Waals surface area contributed by atoms with Gasteiger partial charge >= 0.3 is 5.97 Å². The minimum Gasteiger partial charge on any atom is -0.493 e. The van der Waals surface area contributed by atoms with E-state index in [9.17, 15) is 14.3 Å². The smallest absolute Gasteiger partial charge is 0.339 e. The number of carboxylic acid groups (broad SMARTS) is 1. The van der Waals surface area contributed by atoms with Crippen LogP contribution in [-0.4, -0.2) is 29.3 Å². The summed E-state index contributed by atoms with van der Waals surface area (Å²) in [6.45, 7) is 2.98. The highest BCUT2D eigenvalue weighted by atomic mass is 19.1. The van der Waals surface area contributed by atoms with Crippen molar-refractivity contribution in [1.29, 1.82) is 0 Å². The number of hydrogen-bond donors (Lipinski definition) is 1. The van der Waals surface area contributed by atoms with E-state index in [1.165, 1.54) is 18.4 Å². The van der Waals surface area contributed by atoms with E-state index >= 15 is 0 Å². The van der Waals surface area contributed by atoms with Gasteiger partial charge in [0.2, 0.25) is 5.89 Å². The van der Waals surface area contributed by atoms with Gasteiger partial charge in [-0.1, -0.05) is 12.1 Å². The monoisotopic (exact) mass is 399 g/mol. The van der Waals surface area contributed by atoms with Crippen LogP contribution in [0, 0.1) is 12.7 Å². The molecule has 1 heterocycles. The van der Waals surface area contributed by atoms with Crippen LogP contribution in [-0.2, 0) is 11.3 Å². The summed E-state index contributed by atoms with van der Waals surface area (Å²) in [5.41, 5.74) is 2.23. The van der Waals surface area contributed by atoms with Gasteiger partial charge in [-0.25, -0.2) is 14.2 Å². The van der Waals surface area contributed by atoms with Crippen molar-refractivity contribution in [3.63, 3.8) is 0 Å². The summed E-state index contributed by atoms with van der Waals surface area (Å²) in [5.74, 6) is -0.498. The number of rotatable bonds is 10. The SMILES string of the molecule is Cc1cccc(OCCCCOCc2coc(-c3ccc(F)cc3)n2)c1C(=O)O. The Kier molecular flexibility index (Phi) is 6.97. The Morgan fingerprint density at radius 2 is 1.90 bits per heavy atom. The second-order valence-corrected chi connectivity index (χ2v) is 6.51. The van der Waals surface area contributed by atoms with Crippen molar-refractivity contribution in [2.45, 2.75) is 26.4 Å². The fourth-order valence-electron chi connectivity index (χ4n) is 2.80. The van der Waals surface area contributed by atoms with Gasteiger partial charge in [0.25, 0.3) is 0 Å². The Bertz CT molecular complexity index is 952. The van der Waals surface area contributed by atoms with Crippen molar-refractivity contribution < 1.29 is 28.2 Å². The van der Waals surface area contributed by atoms with Crippen molar-refractivity contribution in [1.82, 2.24) is 4.98 Å². The van der Waals surface area contributed by atoms with Crippen LogP contribution < -0.4 is 4.74 Å². The molecule has 0 fully saturated rings. The molecule has 0 aliphatic rings. The molecule has 0 aliphatic carbocycles. The van der Waals surface area contributed by atoms with Crippen molar-refractivity contribution >= 4 is 5.97 Å². The number of nitrogens with zero attached hydrogens (tertiary/aromatic N) is 1. The molecule has 0 bridgehead atoms. The first kappa shape index (κ1) is 20.5. The van der Waals surface area contributed by atoms with Gasteiger partial charge in [0, 0.05) is 12.2 Å². The molecule has 0 aliphatic heterocycles. The molecule has 3 rings (SSSR count). The number of oxazole rings is 1. The van der Waals surface area contributed by atoms with Gasteiger partial charge in [-0.3, -0.25) is 0 Å². The summed E-state index contributed by atoms with van der Waals surface area (Å²) in [6.07, 6.45) is 3.01. The summed E-state index contributed by atoms with van der Waals surface area (Å²) in [4.78, 5) is 15.7. The lowest BCUT2D eigenvalue weighted by Crippen LogP contribution is -2.07. The Morgan fingerprint density at radius 1 is 1.14 bits per heavy atom. The van der Waals surface area contributed by atoms with Gasteiger partial charge in [-0.2, -0.15) is 0 Å². The van der Waals surface area contributed by atoms with Crippen LogP contribution in [0.15, 0.2) is 53.1 Å². The third-order valence-electron chi connectivity index (χ3n) is 4.28. The first-order chi connectivity index (χ1) is 14.0. The Hall–Kier alpha value is -3.19. The van der Waals surface area contributed by atoms with Crippen molar-refractivity contribution in [2.24, 2.45) is 0 Å². The molecule has 1 N–H and O–H groups in total. The third kappa shape index (κ3) is 5.65. The number of halogens is 1. The number of aromatic nitrogens is 1. The van der Waals surface area contributed by atoms with Gasteiger partial charge in [0.05, 0.1) is 13.2 Å². The van der Waals surface area contributed by atoms with Gasteiger partial charge in [0.15, 0.2) is 0 Å². The molecule has 29 heavy (non-hydrogen) atoms. The molecule has 0 spiro atoms. The fraction of sp³-hybridized carbons (Fsp3) is 0.273. The summed E-state index contributed by atoms with van der Waals surface area (Å²) in [6, 6.07) is 11.1. The summed E-state index contributed by atoms with van der Waals surface area (Å²) < 4.78 is 29.6. The highest BCUT2D eigenvalue weighted by Crippen LogP contribution is 2.22. The lowest BCUT2D eigenvalue weighted by molar-refractivity contribution is 0.0690. The first-order valence-corrected chi connectivity index (χ1v) is 9.28. The van der Waals surface area contributed by atoms with Crippen molar-refractivity contribution in [2.75, 3.05) is 13.2 Å². The molecule has 7 heteroatoms. The largest absolute Gasteiger partial charge is 0.493 e. The quantitative estimate of drug-likeness (QED) is 0.490. The summed E-state index contributed by atoms with van der Waals surface area (Å²) >= 11 is 0. The predicted octanol–water partition coefficient (Wildman–Crippen LogP) is 4.86. The van der Waals surface area contributed by atoms with Crippen LogP contribution in [0.4, 0.5) is 4.39 Å². The molecular weight excluding hydrogens is 377 g/mol. The van der Waals surface area contributed by atoms with E-state index in [0.29, 0.717) is 48.3 Å². The van der Waals surface area contributed by atoms with Crippen LogP contribution >= 0.6 is 0 Å². The topological polar surface area (TPSA) is 81.8 Å². The van der Waals surface area contributed by atoms with Gasteiger partial charge in [-0.15, -0.1) is 0 Å². The predicted molar refractivity (Wildman–Crippen MR) is 104 cm³/mol. The number of ether oxygens (including phenoxy) is 2. The standard InChI is InChI=1S/C22H22FNO5/c1-15-5-4-6-19(20(15)22(25)26)28-12-3-2-11-27-13-18-14-29-21(24-18)16-7-9-17(23)10-8-16/h4-10,14H,2-3,11-13H2,1H3,(H,25,26). The average molecular weight is 399 g/mol. The van der Waals surface area contributed by atoms with Gasteiger partial charge in [-0.05, 0) is 55.7 Å². The van der Waals surface area contributed by atoms with E-state index in [4.69, 9.17) is 13.9 Å². The van der Waals surface area contributed by atoms with Gasteiger partial charge in [0.1, 0.15) is 29.1 Å². The van der Waals surface area contributed by atoms with E-state index in [1.807, 2.05) is 0 Å². The number of aromatic carboxylic acids is 1. The van der Waals surface area contributed by atoms with Crippen molar-refractivity contribution in [3.8, 4) is 17.2 Å². The molecule has 6 nitrogen and oxygen atoms in total. The Labute approximate surface area is 167 Å². The minimum absolute atomic E-state index is 0.201. The number of hydrogen-bond acceptors (Lipinski definition) is 5. The second kappa shape index (κ2) is 9.84. The number of carboxylic acids is 1. The number of carbonyl (C=O) groups is 1. The molecule has 0 saturated carbocycles. The molecular formula is C22H22FNO5. The van der Waals surface area contributed by atoms with E-state index in [2.05, 4.69) is 4.98 Å². The Balaban J connectivity index is 1.36. The number of unbranched alkanes of at least 4 members (excludes halogenated alkanes) is 1. The number of benzene rings is 2. The molecule has 3 aromatic rings. The Morgan fingerprint density at radius 3 is 2.66 bits per heavy atom. The van der Waals surface area contributed by atoms with Crippen LogP contribution in [0.3, 0.4) is 0 Å². The molecule has 0 atom stereocenters. The average Bonchev–Trinajstić information content (AvgIpc) is 3.16. The summed E-state index contributed by atoms with van der Waals surface area (Å²) in [5, 5.41) is 9.28. The molecule has 2 aromatic carbocycles. The van der Waals surface area contributed by atoms with E-state index in [-0.39, 0.29) is 11.4 Å². The molecule has 1 aromatic heterocycles. The zero-order valence-corrected chi connectivity index (χ0v) is 16.1. The maximum absolute atomic E-state index is 13.0. The normalized spacial score (nSPS) is 10.8. The molecule has 0 unspecified atom stereocenters. The molecule has 0 saturated heterocycles. The minimum atomic E-state index is -0.992. The molecule has 0 amide bonds. The van der Waals surface area contributed by atoms with E-state index in [0.717, 1.165) is 12.8 Å². The first-order valence-electron chi connectivity index (χ1n) is 9.28.